The second kappa shape index (κ2) is 2.29. The Morgan fingerprint density at radius 2 is 1.38 bits per heavy atom. The van der Waals surface area contributed by atoms with Gasteiger partial charge in [0.1, 0.15) is 0 Å². The molecule has 1 heterocycles. The van der Waals surface area contributed by atoms with Crippen LogP contribution < -0.4 is 0 Å². The summed E-state index contributed by atoms with van der Waals surface area (Å²) >= 11 is -0.917. The molecule has 0 aromatic heterocycles. The van der Waals surface area contributed by atoms with Crippen LogP contribution in [0.5, 0.6) is 0 Å². The molecule has 4 radical (unpaired) electrons. The molecule has 0 unspecified atom stereocenters. The predicted octanol–water partition coefficient (Wildman–Crippen LogP) is -1.37. The van der Waals surface area contributed by atoms with Gasteiger partial charge in [-0.3, -0.25) is 0 Å². The van der Waals surface area contributed by atoms with Gasteiger partial charge in [0.25, 0.3) is 0 Å². The van der Waals surface area contributed by atoms with Gasteiger partial charge in [-0.2, -0.15) is 0 Å². The second-order valence-electron chi connectivity index (χ2n) is 1.07. The van der Waals surface area contributed by atoms with Crippen LogP contribution in [0.4, 0.5) is 0 Å². The predicted molar refractivity (Wildman–Crippen MR) is 26.4 cm³/mol. The van der Waals surface area contributed by atoms with E-state index < -0.39 is 31.8 Å². The van der Waals surface area contributed by atoms with E-state index in [1.807, 2.05) is 12.4 Å². The fourth-order valence-corrected chi connectivity index (χ4v) is 4.77. The van der Waals surface area contributed by atoms with Crippen LogP contribution in [0.15, 0.2) is 0 Å². The first-order chi connectivity index (χ1) is 3.86. The van der Waals surface area contributed by atoms with E-state index in [2.05, 4.69) is 0 Å². The third-order valence-corrected chi connectivity index (χ3v) is 7.48. The van der Waals surface area contributed by atoms with Crippen LogP contribution in [-0.2, 0) is 0 Å². The molecule has 0 amide bonds. The van der Waals surface area contributed by atoms with E-state index >= 15 is 0 Å². The van der Waals surface area contributed by atoms with Crippen LogP contribution in [0.2, 0.25) is 0 Å². The van der Waals surface area contributed by atoms with Crippen molar-refractivity contribution in [3.63, 3.8) is 0 Å². The molecule has 1 aliphatic heterocycles. The summed E-state index contributed by atoms with van der Waals surface area (Å²) in [6, 6.07) is 0. The molecule has 36 valence electrons. The zero-order valence-electron chi connectivity index (χ0n) is 3.79. The van der Waals surface area contributed by atoms with Crippen molar-refractivity contribution in [1.82, 2.24) is 5.63 Å². The van der Waals surface area contributed by atoms with Gasteiger partial charge >= 0.3 is 60.3 Å². The summed E-state index contributed by atoms with van der Waals surface area (Å²) in [6.07, 6.45) is 4.03. The van der Waals surface area contributed by atoms with Crippen LogP contribution in [0.1, 0.15) is 0 Å². The Morgan fingerprint density at radius 3 is 1.62 bits per heavy atom. The standard InChI is InChI=1S/C2Ge2N4/c5-1-7-3-8(2-6)4-7. The van der Waals surface area contributed by atoms with Gasteiger partial charge < -0.3 is 0 Å². The van der Waals surface area contributed by atoms with Crippen molar-refractivity contribution < 1.29 is 0 Å². The number of nitriles is 2. The summed E-state index contributed by atoms with van der Waals surface area (Å²) in [5.41, 5.74) is 0. The summed E-state index contributed by atoms with van der Waals surface area (Å²) in [4.78, 5) is 0. The first-order valence-corrected chi connectivity index (χ1v) is 5.54. The molecule has 1 fully saturated rings. The first-order valence-electron chi connectivity index (χ1n) is 1.79. The van der Waals surface area contributed by atoms with Crippen molar-refractivity contribution in [2.75, 3.05) is 0 Å². The normalized spacial score (nSPS) is 16.2. The van der Waals surface area contributed by atoms with E-state index in [1.54, 1.807) is 5.63 Å². The van der Waals surface area contributed by atoms with Gasteiger partial charge in [0.2, 0.25) is 0 Å². The monoisotopic (exact) mass is 228 g/mol. The molecule has 0 aromatic carbocycles. The van der Waals surface area contributed by atoms with Crippen LogP contribution >= 0.6 is 0 Å². The van der Waals surface area contributed by atoms with Gasteiger partial charge in [0.05, 0.1) is 0 Å². The summed E-state index contributed by atoms with van der Waals surface area (Å²) in [7, 11) is 0. The molecule has 0 bridgehead atoms. The SMILES string of the molecule is N#C[N]1[Ge][N](C#N)[Ge]1. The average molecular weight is 225 g/mol. The third-order valence-electron chi connectivity index (χ3n) is 0.600. The zero-order chi connectivity index (χ0) is 5.98. The maximum atomic E-state index is 8.20. The fourth-order valence-electron chi connectivity index (χ4n) is 0.289. The Kier molecular flexibility index (Phi) is 1.66. The summed E-state index contributed by atoms with van der Waals surface area (Å²) in [6.45, 7) is 0. The Labute approximate surface area is 60.5 Å². The van der Waals surface area contributed by atoms with E-state index in [9.17, 15) is 0 Å². The van der Waals surface area contributed by atoms with Gasteiger partial charge in [0.15, 0.2) is 0 Å². The number of hydrogen-bond donors (Lipinski definition) is 0. The molecule has 6 heteroatoms. The van der Waals surface area contributed by atoms with E-state index in [1.165, 1.54) is 0 Å². The van der Waals surface area contributed by atoms with Crippen molar-refractivity contribution in [2.24, 2.45) is 0 Å². The summed E-state index contributed by atoms with van der Waals surface area (Å²) in [5, 5.41) is 16.4. The molecule has 1 rings (SSSR count). The second-order valence-corrected chi connectivity index (χ2v) is 9.60. The number of nitrogens with zero attached hydrogens (tertiary/aromatic N) is 4. The molecule has 8 heavy (non-hydrogen) atoms. The van der Waals surface area contributed by atoms with Gasteiger partial charge in [-0.05, 0) is 0 Å². The van der Waals surface area contributed by atoms with Crippen LogP contribution in [0, 0.1) is 22.9 Å². The van der Waals surface area contributed by atoms with E-state index in [0.717, 1.165) is 0 Å². The van der Waals surface area contributed by atoms with Crippen LogP contribution in [0.3, 0.4) is 0 Å². The Hall–Kier alpha value is -0.334. The summed E-state index contributed by atoms with van der Waals surface area (Å²) < 4.78 is 3.48. The molecule has 0 aliphatic carbocycles. The molecule has 1 saturated heterocycles. The van der Waals surface area contributed by atoms with E-state index in [4.69, 9.17) is 10.5 Å². The minimum atomic E-state index is -0.458. The molecule has 0 atom stereocenters. The minimum absolute atomic E-state index is 0.458. The first kappa shape index (κ1) is 5.80. The van der Waals surface area contributed by atoms with Crippen molar-refractivity contribution >= 4 is 31.8 Å². The van der Waals surface area contributed by atoms with Crippen molar-refractivity contribution in [3.05, 3.63) is 0 Å². The van der Waals surface area contributed by atoms with Crippen molar-refractivity contribution in [3.8, 4) is 12.4 Å². The van der Waals surface area contributed by atoms with Gasteiger partial charge in [-0.25, -0.2) is 0 Å². The molecule has 0 aromatic rings. The molecular formula is C2Ge2N4. The van der Waals surface area contributed by atoms with Crippen LogP contribution in [0.25, 0.3) is 0 Å². The average Bonchev–Trinajstić information content (AvgIpc) is 1.65. The van der Waals surface area contributed by atoms with Gasteiger partial charge in [0, 0.05) is 0 Å². The quantitative estimate of drug-likeness (QED) is 0.377. The van der Waals surface area contributed by atoms with Gasteiger partial charge in [-0.1, -0.05) is 0 Å². The maximum absolute atomic E-state index is 8.20. The van der Waals surface area contributed by atoms with Crippen LogP contribution in [-0.4, -0.2) is 37.4 Å². The van der Waals surface area contributed by atoms with Crippen molar-refractivity contribution in [2.45, 2.75) is 0 Å². The Morgan fingerprint density at radius 1 is 1.00 bits per heavy atom. The zero-order valence-corrected chi connectivity index (χ0v) is 7.99. The van der Waals surface area contributed by atoms with Gasteiger partial charge in [-0.15, -0.1) is 0 Å². The molecule has 0 saturated carbocycles. The fraction of sp³-hybridized carbons (Fsp3) is 0. The molecule has 0 spiro atoms. The molecular weight excluding hydrogens is 225 g/mol. The molecule has 4 nitrogen and oxygen atoms in total. The Balaban J connectivity index is 2.27. The topological polar surface area (TPSA) is 54.1 Å². The molecule has 1 aliphatic rings. The summed E-state index contributed by atoms with van der Waals surface area (Å²) in [5.74, 6) is 0. The van der Waals surface area contributed by atoms with E-state index in [0.29, 0.717) is 0 Å². The third kappa shape index (κ3) is 0.906. The number of rotatable bonds is 0. The van der Waals surface area contributed by atoms with Crippen molar-refractivity contribution in [1.29, 1.82) is 10.5 Å². The Bertz CT molecular complexity index is 142. The molecule has 0 N–H and O–H groups in total. The number of hydrogen-bond acceptors (Lipinski definition) is 4. The van der Waals surface area contributed by atoms with E-state index in [-0.39, 0.29) is 0 Å².